The summed E-state index contributed by atoms with van der Waals surface area (Å²) in [6.07, 6.45) is 3.45. The van der Waals surface area contributed by atoms with Gasteiger partial charge in [0.25, 0.3) is 0 Å². The van der Waals surface area contributed by atoms with Gasteiger partial charge in [-0.25, -0.2) is 0 Å². The fourth-order valence-corrected chi connectivity index (χ4v) is 2.04. The first-order valence-corrected chi connectivity index (χ1v) is 6.25. The lowest BCUT2D eigenvalue weighted by Gasteiger charge is -2.15. The van der Waals surface area contributed by atoms with Crippen molar-refractivity contribution in [2.24, 2.45) is 11.8 Å². The Morgan fingerprint density at radius 2 is 2.06 bits per heavy atom. The van der Waals surface area contributed by atoms with Crippen LogP contribution < -0.4 is 0 Å². The second-order valence-electron chi connectivity index (χ2n) is 4.93. The van der Waals surface area contributed by atoms with E-state index in [2.05, 4.69) is 0 Å². The Bertz CT molecular complexity index is 301. The summed E-state index contributed by atoms with van der Waals surface area (Å²) in [6, 6.07) is 0. The zero-order valence-electron chi connectivity index (χ0n) is 9.93. The van der Waals surface area contributed by atoms with Crippen molar-refractivity contribution in [3.8, 4) is 0 Å². The van der Waals surface area contributed by atoms with E-state index in [1.165, 1.54) is 12.8 Å². The standard InChI is InChI=1S/C12H19NO4/c14-11(4-6-17-8-9-1-2-9)13-5-3-10(7-13)12(15)16/h9-10H,1-8H2,(H,15,16). The molecule has 0 aromatic carbocycles. The highest BCUT2D eigenvalue weighted by atomic mass is 16.5. The zero-order chi connectivity index (χ0) is 12.3. The monoisotopic (exact) mass is 241 g/mol. The Labute approximate surface area is 101 Å². The molecule has 0 aromatic rings. The van der Waals surface area contributed by atoms with Crippen LogP contribution in [0.25, 0.3) is 0 Å². The molecule has 2 aliphatic rings. The smallest absolute Gasteiger partial charge is 0.308 e. The lowest BCUT2D eigenvalue weighted by atomic mass is 10.1. The van der Waals surface area contributed by atoms with Gasteiger partial charge in [-0.1, -0.05) is 0 Å². The molecule has 0 spiro atoms. The average molecular weight is 241 g/mol. The van der Waals surface area contributed by atoms with Crippen molar-refractivity contribution < 1.29 is 19.4 Å². The minimum atomic E-state index is -0.801. The third-order valence-electron chi connectivity index (χ3n) is 3.40. The summed E-state index contributed by atoms with van der Waals surface area (Å²) in [6.45, 7) is 2.16. The average Bonchev–Trinajstić information content (AvgIpc) is 2.97. The molecule has 96 valence electrons. The molecule has 1 saturated heterocycles. The van der Waals surface area contributed by atoms with Crippen LogP contribution in [0.4, 0.5) is 0 Å². The Balaban J connectivity index is 1.60. The van der Waals surface area contributed by atoms with Gasteiger partial charge in [0.05, 0.1) is 18.9 Å². The zero-order valence-corrected chi connectivity index (χ0v) is 9.93. The maximum absolute atomic E-state index is 11.7. The van der Waals surface area contributed by atoms with E-state index >= 15 is 0 Å². The summed E-state index contributed by atoms with van der Waals surface area (Å²) in [5.74, 6) is -0.450. The van der Waals surface area contributed by atoms with E-state index < -0.39 is 5.97 Å². The van der Waals surface area contributed by atoms with Crippen molar-refractivity contribution in [3.63, 3.8) is 0 Å². The van der Waals surface area contributed by atoms with Gasteiger partial charge < -0.3 is 14.7 Å². The number of rotatable bonds is 6. The third kappa shape index (κ3) is 3.70. The second-order valence-corrected chi connectivity index (χ2v) is 4.93. The van der Waals surface area contributed by atoms with Gasteiger partial charge in [-0.2, -0.15) is 0 Å². The second kappa shape index (κ2) is 5.49. The Morgan fingerprint density at radius 3 is 2.65 bits per heavy atom. The number of carboxylic acid groups (broad SMARTS) is 1. The number of hydrogen-bond donors (Lipinski definition) is 1. The minimum absolute atomic E-state index is 0.0181. The minimum Gasteiger partial charge on any atom is -0.481 e. The number of ether oxygens (including phenoxy) is 1. The molecule has 0 radical (unpaired) electrons. The molecule has 1 aliphatic heterocycles. The summed E-state index contributed by atoms with van der Waals surface area (Å²) >= 11 is 0. The van der Waals surface area contributed by atoms with E-state index in [1.54, 1.807) is 4.90 Å². The van der Waals surface area contributed by atoms with Crippen LogP contribution in [0.2, 0.25) is 0 Å². The van der Waals surface area contributed by atoms with Crippen LogP contribution in [0, 0.1) is 11.8 Å². The SMILES string of the molecule is O=C(O)C1CCN(C(=O)CCOCC2CC2)C1. The Kier molecular flexibility index (Phi) is 3.99. The van der Waals surface area contributed by atoms with Crippen molar-refractivity contribution in [1.29, 1.82) is 0 Å². The van der Waals surface area contributed by atoms with Gasteiger partial charge in [0, 0.05) is 19.7 Å². The van der Waals surface area contributed by atoms with E-state index in [-0.39, 0.29) is 11.8 Å². The van der Waals surface area contributed by atoms with E-state index in [9.17, 15) is 9.59 Å². The maximum atomic E-state index is 11.7. The normalized spacial score (nSPS) is 24.0. The van der Waals surface area contributed by atoms with Crippen molar-refractivity contribution in [1.82, 2.24) is 4.90 Å². The van der Waals surface area contributed by atoms with Crippen LogP contribution in [0.15, 0.2) is 0 Å². The topological polar surface area (TPSA) is 66.8 Å². The van der Waals surface area contributed by atoms with Gasteiger partial charge in [0.15, 0.2) is 0 Å². The first kappa shape index (κ1) is 12.4. The number of likely N-dealkylation sites (tertiary alicyclic amines) is 1. The summed E-state index contributed by atoms with van der Waals surface area (Å²) in [5, 5.41) is 8.83. The molecule has 1 unspecified atom stereocenters. The molecule has 2 fully saturated rings. The van der Waals surface area contributed by atoms with E-state index in [4.69, 9.17) is 9.84 Å². The molecule has 1 N–H and O–H groups in total. The molecule has 1 atom stereocenters. The molecule has 1 saturated carbocycles. The van der Waals surface area contributed by atoms with Gasteiger partial charge in [-0.3, -0.25) is 9.59 Å². The van der Waals surface area contributed by atoms with Crippen molar-refractivity contribution >= 4 is 11.9 Å². The molecule has 1 heterocycles. The predicted molar refractivity (Wildman–Crippen MR) is 60.5 cm³/mol. The number of carbonyl (C=O) groups is 2. The molecule has 5 nitrogen and oxygen atoms in total. The van der Waals surface area contributed by atoms with Crippen molar-refractivity contribution in [2.75, 3.05) is 26.3 Å². The predicted octanol–water partition coefficient (Wildman–Crippen LogP) is 0.736. The van der Waals surface area contributed by atoms with Crippen molar-refractivity contribution in [2.45, 2.75) is 25.7 Å². The molecule has 0 bridgehead atoms. The lowest BCUT2D eigenvalue weighted by Crippen LogP contribution is -2.30. The highest BCUT2D eigenvalue weighted by Gasteiger charge is 2.30. The molecule has 2 rings (SSSR count). The van der Waals surface area contributed by atoms with Gasteiger partial charge in [0.2, 0.25) is 5.91 Å². The largest absolute Gasteiger partial charge is 0.481 e. The summed E-state index contributed by atoms with van der Waals surface area (Å²) in [4.78, 5) is 24.1. The quantitative estimate of drug-likeness (QED) is 0.696. The Hall–Kier alpha value is -1.10. The van der Waals surface area contributed by atoms with Gasteiger partial charge in [0.1, 0.15) is 0 Å². The van der Waals surface area contributed by atoms with Gasteiger partial charge in [-0.05, 0) is 25.2 Å². The van der Waals surface area contributed by atoms with Gasteiger partial charge >= 0.3 is 5.97 Å². The first-order valence-electron chi connectivity index (χ1n) is 6.25. The molecule has 1 amide bonds. The van der Waals surface area contributed by atoms with E-state index in [0.29, 0.717) is 38.5 Å². The van der Waals surface area contributed by atoms with Crippen LogP contribution in [-0.4, -0.2) is 48.2 Å². The Morgan fingerprint density at radius 1 is 1.29 bits per heavy atom. The number of amides is 1. The number of nitrogens with zero attached hydrogens (tertiary/aromatic N) is 1. The van der Waals surface area contributed by atoms with E-state index in [1.807, 2.05) is 0 Å². The lowest BCUT2D eigenvalue weighted by molar-refractivity contribution is -0.141. The molecular formula is C12H19NO4. The molecular weight excluding hydrogens is 222 g/mol. The van der Waals surface area contributed by atoms with E-state index in [0.717, 1.165) is 6.61 Å². The summed E-state index contributed by atoms with van der Waals surface area (Å²) in [7, 11) is 0. The fraction of sp³-hybridized carbons (Fsp3) is 0.833. The molecule has 1 aliphatic carbocycles. The number of aliphatic carboxylic acids is 1. The van der Waals surface area contributed by atoms with Crippen LogP contribution in [0.1, 0.15) is 25.7 Å². The number of hydrogen-bond acceptors (Lipinski definition) is 3. The third-order valence-corrected chi connectivity index (χ3v) is 3.40. The van der Waals surface area contributed by atoms with Crippen LogP contribution in [0.3, 0.4) is 0 Å². The summed E-state index contributed by atoms with van der Waals surface area (Å²) in [5.41, 5.74) is 0. The summed E-state index contributed by atoms with van der Waals surface area (Å²) < 4.78 is 5.40. The molecule has 0 aromatic heterocycles. The highest BCUT2D eigenvalue weighted by molar-refractivity contribution is 5.78. The fourth-order valence-electron chi connectivity index (χ4n) is 2.04. The highest BCUT2D eigenvalue weighted by Crippen LogP contribution is 2.28. The molecule has 5 heteroatoms. The molecule has 17 heavy (non-hydrogen) atoms. The number of carboxylic acids is 1. The van der Waals surface area contributed by atoms with Gasteiger partial charge in [-0.15, -0.1) is 0 Å². The maximum Gasteiger partial charge on any atom is 0.308 e. The van der Waals surface area contributed by atoms with Crippen LogP contribution in [-0.2, 0) is 14.3 Å². The van der Waals surface area contributed by atoms with Crippen molar-refractivity contribution in [3.05, 3.63) is 0 Å². The van der Waals surface area contributed by atoms with Crippen LogP contribution >= 0.6 is 0 Å². The van der Waals surface area contributed by atoms with Crippen LogP contribution in [0.5, 0.6) is 0 Å². The number of carbonyl (C=O) groups excluding carboxylic acids is 1. The first-order chi connectivity index (χ1) is 8.16.